The van der Waals surface area contributed by atoms with Gasteiger partial charge >= 0.3 is 5.69 Å². The number of hydrogen-bond donors (Lipinski definition) is 0. The second-order valence-electron chi connectivity index (χ2n) is 7.97. The molecule has 31 heavy (non-hydrogen) atoms. The van der Waals surface area contributed by atoms with Crippen LogP contribution in [0.25, 0.3) is 11.1 Å². The Bertz CT molecular complexity index is 1270. The van der Waals surface area contributed by atoms with E-state index in [1.54, 1.807) is 11.0 Å². The lowest BCUT2D eigenvalue weighted by Crippen LogP contribution is -2.67. The average molecular weight is 450 g/mol. The maximum absolute atomic E-state index is 13.7. The third kappa shape index (κ3) is 3.37. The fourth-order valence-corrected chi connectivity index (χ4v) is 4.71. The van der Waals surface area contributed by atoms with Crippen molar-refractivity contribution in [3.63, 3.8) is 0 Å². The van der Waals surface area contributed by atoms with Crippen LogP contribution in [0.3, 0.4) is 0 Å². The molecule has 1 aromatic heterocycles. The Morgan fingerprint density at radius 1 is 1.06 bits per heavy atom. The predicted molar refractivity (Wildman–Crippen MR) is 105 cm³/mol. The molecule has 1 aliphatic carbocycles. The van der Waals surface area contributed by atoms with Crippen molar-refractivity contribution in [3.8, 4) is 23.3 Å². The van der Waals surface area contributed by atoms with Gasteiger partial charge in [-0.25, -0.2) is 22.5 Å². The second kappa shape index (κ2) is 7.17. The fourth-order valence-electron chi connectivity index (χ4n) is 4.53. The van der Waals surface area contributed by atoms with Crippen molar-refractivity contribution in [2.24, 2.45) is 5.41 Å². The molecule has 1 saturated heterocycles. The molecular formula is C20H15ClF3N5O2. The Kier molecular flexibility index (Phi) is 4.86. The van der Waals surface area contributed by atoms with Crippen LogP contribution in [0.4, 0.5) is 19.0 Å². The topological polar surface area (TPSA) is 94.8 Å². The number of halogens is 4. The molecule has 160 valence electrons. The zero-order chi connectivity index (χ0) is 22.6. The van der Waals surface area contributed by atoms with Gasteiger partial charge in [-0.05, 0) is 17.7 Å². The van der Waals surface area contributed by atoms with Gasteiger partial charge in [0.15, 0.2) is 0 Å². The zero-order valence-corrected chi connectivity index (χ0v) is 16.8. The van der Waals surface area contributed by atoms with Gasteiger partial charge in [-0.1, -0.05) is 17.7 Å². The fraction of sp³-hybridized carbons (Fsp3) is 0.400. The van der Waals surface area contributed by atoms with Crippen molar-refractivity contribution in [2.75, 3.05) is 18.0 Å². The van der Waals surface area contributed by atoms with E-state index in [-0.39, 0.29) is 47.9 Å². The maximum atomic E-state index is 13.7. The number of aromatic nitrogens is 2. The van der Waals surface area contributed by atoms with Crippen molar-refractivity contribution in [1.29, 1.82) is 10.5 Å². The van der Waals surface area contributed by atoms with Gasteiger partial charge in [-0.2, -0.15) is 10.5 Å². The molecule has 2 fully saturated rings. The third-order valence-corrected chi connectivity index (χ3v) is 5.98. The lowest BCUT2D eigenvalue weighted by molar-refractivity contribution is -0.170. The van der Waals surface area contributed by atoms with E-state index >= 15 is 0 Å². The van der Waals surface area contributed by atoms with Gasteiger partial charge in [-0.3, -0.25) is 9.36 Å². The van der Waals surface area contributed by atoms with Gasteiger partial charge in [0, 0.05) is 31.3 Å². The van der Waals surface area contributed by atoms with E-state index in [2.05, 4.69) is 0 Å². The molecule has 1 spiro atoms. The average Bonchev–Trinajstić information content (AvgIpc) is 2.65. The molecule has 2 aliphatic rings. The highest BCUT2D eigenvalue weighted by Crippen LogP contribution is 2.57. The molecule has 2 aromatic rings. The van der Waals surface area contributed by atoms with Gasteiger partial charge < -0.3 is 4.90 Å². The zero-order valence-electron chi connectivity index (χ0n) is 16.0. The summed E-state index contributed by atoms with van der Waals surface area (Å²) in [5.41, 5.74) is -2.15. The van der Waals surface area contributed by atoms with E-state index in [1.807, 2.05) is 6.07 Å². The second-order valence-corrected chi connectivity index (χ2v) is 8.38. The van der Waals surface area contributed by atoms with Gasteiger partial charge in [0.1, 0.15) is 24.7 Å². The molecule has 0 unspecified atom stereocenters. The van der Waals surface area contributed by atoms with Crippen LogP contribution in [0, 0.1) is 33.9 Å². The van der Waals surface area contributed by atoms with Gasteiger partial charge in [0.05, 0.1) is 22.7 Å². The molecular weight excluding hydrogens is 435 g/mol. The Labute approximate surface area is 179 Å². The monoisotopic (exact) mass is 449 g/mol. The van der Waals surface area contributed by atoms with Crippen molar-refractivity contribution in [3.05, 3.63) is 49.9 Å². The van der Waals surface area contributed by atoms with E-state index in [9.17, 15) is 28.0 Å². The van der Waals surface area contributed by atoms with E-state index in [1.165, 1.54) is 12.1 Å². The normalized spacial score (nSPS) is 18.1. The first-order valence-corrected chi connectivity index (χ1v) is 9.69. The molecule has 0 amide bonds. The molecule has 4 rings (SSSR count). The van der Waals surface area contributed by atoms with Crippen LogP contribution in [-0.4, -0.2) is 28.1 Å². The predicted octanol–water partition coefficient (Wildman–Crippen LogP) is 2.75. The van der Waals surface area contributed by atoms with Crippen molar-refractivity contribution >= 4 is 17.4 Å². The molecule has 1 aromatic carbocycles. The van der Waals surface area contributed by atoms with Crippen LogP contribution in [0.2, 0.25) is 5.02 Å². The first-order chi connectivity index (χ1) is 14.6. The van der Waals surface area contributed by atoms with E-state index in [0.29, 0.717) is 4.57 Å². The Balaban J connectivity index is 1.92. The first kappa shape index (κ1) is 21.0. The molecule has 11 heteroatoms. The molecule has 1 saturated carbocycles. The summed E-state index contributed by atoms with van der Waals surface area (Å²) in [6.45, 7) is -0.628. The molecule has 0 bridgehead atoms. The minimum Gasteiger partial charge on any atom is -0.356 e. The van der Waals surface area contributed by atoms with Crippen LogP contribution in [0.1, 0.15) is 12.8 Å². The quantitative estimate of drug-likeness (QED) is 0.715. The Morgan fingerprint density at radius 2 is 1.68 bits per heavy atom. The number of anilines is 1. The highest BCUT2D eigenvalue weighted by molar-refractivity contribution is 6.31. The number of benzene rings is 1. The maximum Gasteiger partial charge on any atom is 0.334 e. The van der Waals surface area contributed by atoms with Gasteiger partial charge in [-0.15, -0.1) is 0 Å². The minimum atomic E-state index is -2.73. The molecule has 2 heterocycles. The molecule has 0 radical (unpaired) electrons. The van der Waals surface area contributed by atoms with Crippen LogP contribution < -0.4 is 16.1 Å². The van der Waals surface area contributed by atoms with Crippen LogP contribution in [-0.2, 0) is 13.1 Å². The van der Waals surface area contributed by atoms with E-state index in [4.69, 9.17) is 16.9 Å². The summed E-state index contributed by atoms with van der Waals surface area (Å²) in [6.07, 6.45) is -0.579. The van der Waals surface area contributed by atoms with Crippen molar-refractivity contribution in [1.82, 2.24) is 9.13 Å². The third-order valence-electron chi connectivity index (χ3n) is 5.69. The summed E-state index contributed by atoms with van der Waals surface area (Å²) in [6, 6.07) is 7.15. The molecule has 1 aliphatic heterocycles. The summed E-state index contributed by atoms with van der Waals surface area (Å²) >= 11 is 5.88. The standard InChI is InChI=1S/C20H15ClF3N5O2/c21-13-7-12(1-2-14(13)22)15-16(27-10-19(11-27)8-20(23,24)9-19)28(5-3-25)18(31)29(6-4-26)17(15)30/h1-2,7H,5-6,8-11H2. The SMILES string of the molecule is N#CCn1c(N2CC3(C2)CC(F)(F)C3)c(-c2ccc(F)c(Cl)c2)c(=O)n(CC#N)c1=O. The summed E-state index contributed by atoms with van der Waals surface area (Å²) < 4.78 is 42.3. The van der Waals surface area contributed by atoms with Crippen LogP contribution >= 0.6 is 11.6 Å². The minimum absolute atomic E-state index is 0.0482. The lowest BCUT2D eigenvalue weighted by atomic mass is 9.61. The Morgan fingerprint density at radius 3 is 2.23 bits per heavy atom. The lowest BCUT2D eigenvalue weighted by Gasteiger charge is -2.59. The number of alkyl halides is 2. The largest absolute Gasteiger partial charge is 0.356 e. The molecule has 0 N–H and O–H groups in total. The van der Waals surface area contributed by atoms with Gasteiger partial charge in [0.2, 0.25) is 5.92 Å². The highest BCUT2D eigenvalue weighted by atomic mass is 35.5. The Hall–Kier alpha value is -3.24. The molecule has 7 nitrogen and oxygen atoms in total. The van der Waals surface area contributed by atoms with Gasteiger partial charge in [0.25, 0.3) is 5.56 Å². The van der Waals surface area contributed by atoms with Crippen LogP contribution in [0.15, 0.2) is 27.8 Å². The number of nitrogens with zero attached hydrogens (tertiary/aromatic N) is 5. The number of hydrogen-bond acceptors (Lipinski definition) is 5. The van der Waals surface area contributed by atoms with Crippen molar-refractivity contribution < 1.29 is 13.2 Å². The summed E-state index contributed by atoms with van der Waals surface area (Å²) in [4.78, 5) is 27.7. The van der Waals surface area contributed by atoms with Crippen LogP contribution in [0.5, 0.6) is 0 Å². The summed E-state index contributed by atoms with van der Waals surface area (Å²) in [5, 5.41) is 18.0. The molecule has 0 atom stereocenters. The number of rotatable bonds is 4. The summed E-state index contributed by atoms with van der Waals surface area (Å²) in [5.74, 6) is -3.37. The summed E-state index contributed by atoms with van der Waals surface area (Å²) in [7, 11) is 0. The first-order valence-electron chi connectivity index (χ1n) is 9.31. The van der Waals surface area contributed by atoms with E-state index < -0.39 is 41.5 Å². The van der Waals surface area contributed by atoms with Crippen molar-refractivity contribution in [2.45, 2.75) is 31.9 Å². The smallest absolute Gasteiger partial charge is 0.334 e. The number of nitriles is 2. The van der Waals surface area contributed by atoms with E-state index in [0.717, 1.165) is 10.6 Å². The highest BCUT2D eigenvalue weighted by Gasteiger charge is 2.62.